The number of carbonyl (C=O) groups excluding carboxylic acids is 1. The second-order valence-corrected chi connectivity index (χ2v) is 6.30. The van der Waals surface area contributed by atoms with E-state index in [4.69, 9.17) is 4.74 Å². The Labute approximate surface area is 121 Å². The molecule has 2 rings (SSSR count). The molecule has 0 aliphatic carbocycles. The summed E-state index contributed by atoms with van der Waals surface area (Å²) >= 11 is 0. The van der Waals surface area contributed by atoms with Gasteiger partial charge in [0.25, 0.3) is 0 Å². The van der Waals surface area contributed by atoms with Gasteiger partial charge in [-0.1, -0.05) is 13.3 Å². The number of ether oxygens (including phenoxy) is 1. The molecule has 5 nitrogen and oxygen atoms in total. The first-order valence-corrected chi connectivity index (χ1v) is 7.89. The SMILES string of the molecule is CCCC1(C(=O)NCC2(O)CCOCC2)CCNCC1. The van der Waals surface area contributed by atoms with Gasteiger partial charge in [-0.2, -0.15) is 0 Å². The zero-order valence-electron chi connectivity index (χ0n) is 12.5. The number of aliphatic hydroxyl groups is 1. The van der Waals surface area contributed by atoms with E-state index in [-0.39, 0.29) is 11.3 Å². The van der Waals surface area contributed by atoms with Gasteiger partial charge in [0.05, 0.1) is 11.0 Å². The fourth-order valence-electron chi connectivity index (χ4n) is 3.33. The van der Waals surface area contributed by atoms with E-state index in [1.807, 2.05) is 0 Å². The van der Waals surface area contributed by atoms with Crippen molar-refractivity contribution in [3.05, 3.63) is 0 Å². The quantitative estimate of drug-likeness (QED) is 0.699. The van der Waals surface area contributed by atoms with E-state index in [1.165, 1.54) is 0 Å². The van der Waals surface area contributed by atoms with Crippen molar-refractivity contribution in [3.8, 4) is 0 Å². The van der Waals surface area contributed by atoms with Crippen LogP contribution >= 0.6 is 0 Å². The summed E-state index contributed by atoms with van der Waals surface area (Å²) in [6, 6.07) is 0. The largest absolute Gasteiger partial charge is 0.388 e. The molecule has 2 saturated heterocycles. The van der Waals surface area contributed by atoms with Gasteiger partial charge in [0.1, 0.15) is 0 Å². The third kappa shape index (κ3) is 3.71. The molecule has 0 aromatic rings. The molecular weight excluding hydrogens is 256 g/mol. The van der Waals surface area contributed by atoms with E-state index in [2.05, 4.69) is 17.6 Å². The lowest BCUT2D eigenvalue weighted by Gasteiger charge is -2.38. The fourth-order valence-corrected chi connectivity index (χ4v) is 3.33. The zero-order valence-corrected chi connectivity index (χ0v) is 12.5. The first-order chi connectivity index (χ1) is 9.60. The minimum absolute atomic E-state index is 0.126. The average molecular weight is 284 g/mol. The van der Waals surface area contributed by atoms with E-state index in [0.717, 1.165) is 38.8 Å². The highest BCUT2D eigenvalue weighted by atomic mass is 16.5. The standard InChI is InChI=1S/C15H28N2O3/c1-2-3-14(4-8-16-9-5-14)13(18)17-12-15(19)6-10-20-11-7-15/h16,19H,2-12H2,1H3,(H,17,18). The molecule has 0 aromatic heterocycles. The zero-order chi connectivity index (χ0) is 14.5. The van der Waals surface area contributed by atoms with Crippen molar-refractivity contribution in [2.75, 3.05) is 32.8 Å². The molecule has 0 spiro atoms. The summed E-state index contributed by atoms with van der Waals surface area (Å²) in [6.07, 6.45) is 4.96. The van der Waals surface area contributed by atoms with Crippen LogP contribution in [-0.4, -0.2) is 49.5 Å². The summed E-state index contributed by atoms with van der Waals surface area (Å²) in [6.45, 7) is 5.46. The molecule has 0 atom stereocenters. The van der Waals surface area contributed by atoms with E-state index >= 15 is 0 Å². The molecule has 0 unspecified atom stereocenters. The third-order valence-electron chi connectivity index (χ3n) is 4.77. The van der Waals surface area contributed by atoms with Crippen LogP contribution in [0.4, 0.5) is 0 Å². The van der Waals surface area contributed by atoms with Gasteiger partial charge in [-0.25, -0.2) is 0 Å². The number of amides is 1. The van der Waals surface area contributed by atoms with E-state index in [9.17, 15) is 9.90 Å². The molecule has 2 heterocycles. The lowest BCUT2D eigenvalue weighted by atomic mass is 9.74. The Bertz CT molecular complexity index is 316. The summed E-state index contributed by atoms with van der Waals surface area (Å²) < 4.78 is 5.27. The Kier molecular flexibility index (Phi) is 5.41. The molecule has 0 saturated carbocycles. The van der Waals surface area contributed by atoms with Crippen LogP contribution in [0.2, 0.25) is 0 Å². The van der Waals surface area contributed by atoms with Crippen molar-refractivity contribution in [1.82, 2.24) is 10.6 Å². The Morgan fingerprint density at radius 3 is 2.50 bits per heavy atom. The second kappa shape index (κ2) is 6.87. The molecule has 3 N–H and O–H groups in total. The average Bonchev–Trinajstić information content (AvgIpc) is 2.47. The smallest absolute Gasteiger partial charge is 0.226 e. The molecule has 2 fully saturated rings. The van der Waals surface area contributed by atoms with E-state index in [0.29, 0.717) is 32.6 Å². The summed E-state index contributed by atoms with van der Waals surface area (Å²) in [5.41, 5.74) is -1.02. The maximum atomic E-state index is 12.6. The van der Waals surface area contributed by atoms with Crippen molar-refractivity contribution in [2.24, 2.45) is 5.41 Å². The first kappa shape index (κ1) is 15.7. The van der Waals surface area contributed by atoms with Gasteiger partial charge in [0.2, 0.25) is 5.91 Å². The predicted molar refractivity (Wildman–Crippen MR) is 77.5 cm³/mol. The summed E-state index contributed by atoms with van der Waals surface area (Å²) in [5.74, 6) is 0.126. The molecule has 1 amide bonds. The molecule has 20 heavy (non-hydrogen) atoms. The predicted octanol–water partition coefficient (Wildman–Crippen LogP) is 0.814. The summed E-state index contributed by atoms with van der Waals surface area (Å²) in [5, 5.41) is 16.8. The number of rotatable bonds is 5. The maximum Gasteiger partial charge on any atom is 0.226 e. The summed E-state index contributed by atoms with van der Waals surface area (Å²) in [4.78, 5) is 12.6. The van der Waals surface area contributed by atoms with Crippen LogP contribution in [0.25, 0.3) is 0 Å². The van der Waals surface area contributed by atoms with Crippen molar-refractivity contribution in [2.45, 2.75) is 51.0 Å². The molecule has 2 aliphatic rings. The van der Waals surface area contributed by atoms with Crippen LogP contribution in [0.3, 0.4) is 0 Å². The fraction of sp³-hybridized carbons (Fsp3) is 0.933. The number of nitrogens with one attached hydrogen (secondary N) is 2. The molecule has 2 aliphatic heterocycles. The van der Waals surface area contributed by atoms with E-state index < -0.39 is 5.60 Å². The Morgan fingerprint density at radius 2 is 1.90 bits per heavy atom. The number of carbonyl (C=O) groups is 1. The van der Waals surface area contributed by atoms with Crippen LogP contribution in [0.1, 0.15) is 45.4 Å². The van der Waals surface area contributed by atoms with Gasteiger partial charge in [-0.05, 0) is 32.4 Å². The van der Waals surface area contributed by atoms with Crippen LogP contribution < -0.4 is 10.6 Å². The van der Waals surface area contributed by atoms with Crippen molar-refractivity contribution in [1.29, 1.82) is 0 Å². The minimum atomic E-state index is -0.784. The Hall–Kier alpha value is -0.650. The van der Waals surface area contributed by atoms with Crippen LogP contribution in [0.5, 0.6) is 0 Å². The number of hydrogen-bond donors (Lipinski definition) is 3. The third-order valence-corrected chi connectivity index (χ3v) is 4.77. The molecular formula is C15H28N2O3. The first-order valence-electron chi connectivity index (χ1n) is 7.89. The lowest BCUT2D eigenvalue weighted by Crippen LogP contribution is -2.52. The van der Waals surface area contributed by atoms with Crippen molar-refractivity contribution >= 4 is 5.91 Å². The number of piperidine rings is 1. The van der Waals surface area contributed by atoms with E-state index in [1.54, 1.807) is 0 Å². The Morgan fingerprint density at radius 1 is 1.25 bits per heavy atom. The molecule has 0 radical (unpaired) electrons. The van der Waals surface area contributed by atoms with Gasteiger partial charge >= 0.3 is 0 Å². The minimum Gasteiger partial charge on any atom is -0.388 e. The van der Waals surface area contributed by atoms with Gasteiger partial charge in [0, 0.05) is 32.6 Å². The van der Waals surface area contributed by atoms with Crippen LogP contribution in [-0.2, 0) is 9.53 Å². The molecule has 0 aromatic carbocycles. The highest BCUT2D eigenvalue weighted by molar-refractivity contribution is 5.82. The van der Waals surface area contributed by atoms with Gasteiger partial charge in [-0.15, -0.1) is 0 Å². The second-order valence-electron chi connectivity index (χ2n) is 6.30. The highest BCUT2D eigenvalue weighted by Crippen LogP contribution is 2.34. The lowest BCUT2D eigenvalue weighted by molar-refractivity contribution is -0.135. The maximum absolute atomic E-state index is 12.6. The highest BCUT2D eigenvalue weighted by Gasteiger charge is 2.39. The van der Waals surface area contributed by atoms with Gasteiger partial charge in [-0.3, -0.25) is 4.79 Å². The van der Waals surface area contributed by atoms with Gasteiger partial charge in [0.15, 0.2) is 0 Å². The summed E-state index contributed by atoms with van der Waals surface area (Å²) in [7, 11) is 0. The van der Waals surface area contributed by atoms with Crippen LogP contribution in [0, 0.1) is 5.41 Å². The number of hydrogen-bond acceptors (Lipinski definition) is 4. The normalized spacial score (nSPS) is 25.1. The van der Waals surface area contributed by atoms with Crippen molar-refractivity contribution < 1.29 is 14.6 Å². The van der Waals surface area contributed by atoms with Crippen molar-refractivity contribution in [3.63, 3.8) is 0 Å². The molecule has 116 valence electrons. The molecule has 5 heteroatoms. The topological polar surface area (TPSA) is 70.6 Å². The Balaban J connectivity index is 1.91. The van der Waals surface area contributed by atoms with Gasteiger partial charge < -0.3 is 20.5 Å². The molecule has 0 bridgehead atoms. The van der Waals surface area contributed by atoms with Crippen LogP contribution in [0.15, 0.2) is 0 Å². The monoisotopic (exact) mass is 284 g/mol.